The zero-order valence-electron chi connectivity index (χ0n) is 16.6. The van der Waals surface area contributed by atoms with E-state index in [-0.39, 0.29) is 35.6 Å². The first-order chi connectivity index (χ1) is 13.7. The van der Waals surface area contributed by atoms with Gasteiger partial charge >= 0.3 is 0 Å². The normalized spacial score (nSPS) is 19.4. The van der Waals surface area contributed by atoms with Gasteiger partial charge in [0.1, 0.15) is 11.4 Å². The summed E-state index contributed by atoms with van der Waals surface area (Å²) in [5, 5.41) is 15.9. The van der Waals surface area contributed by atoms with E-state index in [0.29, 0.717) is 12.1 Å². The summed E-state index contributed by atoms with van der Waals surface area (Å²) >= 11 is 0. The van der Waals surface area contributed by atoms with Crippen molar-refractivity contribution in [3.8, 4) is 11.8 Å². The molecule has 1 saturated carbocycles. The predicted octanol–water partition coefficient (Wildman–Crippen LogP) is 4.68. The molecule has 152 valence electrons. The van der Waals surface area contributed by atoms with Crippen molar-refractivity contribution in [3.05, 3.63) is 65.2 Å². The Balaban J connectivity index is 0.00000240. The van der Waals surface area contributed by atoms with Crippen molar-refractivity contribution >= 4 is 29.9 Å². The highest BCUT2D eigenvalue weighted by atomic mass is 127. The number of nitriles is 1. The molecule has 0 amide bonds. The van der Waals surface area contributed by atoms with Crippen LogP contribution in [0.5, 0.6) is 5.75 Å². The van der Waals surface area contributed by atoms with E-state index in [4.69, 9.17) is 10.00 Å². The summed E-state index contributed by atoms with van der Waals surface area (Å²) in [6.07, 6.45) is 5.68. The van der Waals surface area contributed by atoms with Crippen LogP contribution >= 0.6 is 24.0 Å². The molecule has 0 saturated heterocycles. The number of guanidine groups is 1. The SMILES string of the molecule is CN=C(NCc1ccc(C#N)cc1)NC1CC2(CCCC2)Oc2ccccc21.I. The molecule has 2 aromatic carbocycles. The van der Waals surface area contributed by atoms with E-state index < -0.39 is 0 Å². The molecule has 2 aliphatic rings. The van der Waals surface area contributed by atoms with E-state index in [1.807, 2.05) is 30.3 Å². The third-order valence-electron chi connectivity index (χ3n) is 5.79. The first-order valence-electron chi connectivity index (χ1n) is 9.95. The van der Waals surface area contributed by atoms with Crippen LogP contribution in [0.1, 0.15) is 54.8 Å². The predicted molar refractivity (Wildman–Crippen MR) is 126 cm³/mol. The number of hydrogen-bond acceptors (Lipinski definition) is 3. The van der Waals surface area contributed by atoms with Gasteiger partial charge in [0.05, 0.1) is 17.7 Å². The van der Waals surface area contributed by atoms with Gasteiger partial charge in [0, 0.05) is 25.6 Å². The Labute approximate surface area is 189 Å². The number of nitrogens with one attached hydrogen (secondary N) is 2. The lowest BCUT2D eigenvalue weighted by Crippen LogP contribution is -2.46. The molecule has 2 aromatic rings. The van der Waals surface area contributed by atoms with Crippen molar-refractivity contribution in [2.75, 3.05) is 7.05 Å². The largest absolute Gasteiger partial charge is 0.487 e. The van der Waals surface area contributed by atoms with Crippen molar-refractivity contribution < 1.29 is 4.74 Å². The number of rotatable bonds is 3. The van der Waals surface area contributed by atoms with Gasteiger partial charge in [0.25, 0.3) is 0 Å². The van der Waals surface area contributed by atoms with Gasteiger partial charge in [-0.15, -0.1) is 24.0 Å². The lowest BCUT2D eigenvalue weighted by Gasteiger charge is -2.40. The van der Waals surface area contributed by atoms with Gasteiger partial charge in [-0.2, -0.15) is 5.26 Å². The standard InChI is InChI=1S/C23H26N4O.HI/c1-25-22(26-16-18-10-8-17(15-24)9-11-18)27-20-14-23(12-4-5-13-23)28-21-7-3-2-6-19(20)21;/h2-3,6-11,20H,4-5,12-14,16H2,1H3,(H2,25,26,27);1H. The third kappa shape index (κ3) is 4.84. The first-order valence-corrected chi connectivity index (χ1v) is 9.95. The van der Waals surface area contributed by atoms with Gasteiger partial charge < -0.3 is 15.4 Å². The van der Waals surface area contributed by atoms with Crippen LogP contribution < -0.4 is 15.4 Å². The molecule has 4 rings (SSSR count). The third-order valence-corrected chi connectivity index (χ3v) is 5.79. The van der Waals surface area contributed by atoms with Gasteiger partial charge in [-0.25, -0.2) is 0 Å². The topological polar surface area (TPSA) is 69.4 Å². The Bertz CT molecular complexity index is 898. The fourth-order valence-electron chi connectivity index (χ4n) is 4.32. The Morgan fingerprint density at radius 3 is 2.59 bits per heavy atom. The van der Waals surface area contributed by atoms with Crippen LogP contribution in [0.3, 0.4) is 0 Å². The van der Waals surface area contributed by atoms with Crippen molar-refractivity contribution in [1.29, 1.82) is 5.26 Å². The van der Waals surface area contributed by atoms with E-state index in [1.54, 1.807) is 7.05 Å². The van der Waals surface area contributed by atoms with Gasteiger partial charge in [0.15, 0.2) is 5.96 Å². The molecule has 0 aromatic heterocycles. The summed E-state index contributed by atoms with van der Waals surface area (Å²) in [5.74, 6) is 1.77. The minimum atomic E-state index is -0.0437. The molecule has 5 nitrogen and oxygen atoms in total. The Hall–Kier alpha value is -2.27. The maximum atomic E-state index is 8.93. The molecule has 1 aliphatic heterocycles. The van der Waals surface area contributed by atoms with Crippen LogP contribution in [0.25, 0.3) is 0 Å². The Morgan fingerprint density at radius 2 is 1.90 bits per heavy atom. The zero-order valence-corrected chi connectivity index (χ0v) is 19.0. The van der Waals surface area contributed by atoms with Crippen LogP contribution in [0, 0.1) is 11.3 Å². The van der Waals surface area contributed by atoms with E-state index in [9.17, 15) is 0 Å². The molecule has 1 heterocycles. The number of para-hydroxylation sites is 1. The van der Waals surface area contributed by atoms with Crippen molar-refractivity contribution in [1.82, 2.24) is 10.6 Å². The van der Waals surface area contributed by atoms with Crippen LogP contribution in [-0.2, 0) is 6.54 Å². The number of fused-ring (bicyclic) bond motifs is 1. The number of ether oxygens (including phenoxy) is 1. The van der Waals surface area contributed by atoms with Crippen LogP contribution in [0.2, 0.25) is 0 Å². The summed E-state index contributed by atoms with van der Waals surface area (Å²) < 4.78 is 6.45. The molecule has 1 unspecified atom stereocenters. The van der Waals surface area contributed by atoms with E-state index >= 15 is 0 Å². The first kappa shape index (κ1) is 21.4. The molecular weight excluding hydrogens is 475 g/mol. The fourth-order valence-corrected chi connectivity index (χ4v) is 4.32. The molecule has 0 radical (unpaired) electrons. The van der Waals surface area contributed by atoms with Gasteiger partial charge in [-0.05, 0) is 49.4 Å². The molecule has 2 N–H and O–H groups in total. The van der Waals surface area contributed by atoms with E-state index in [2.05, 4.69) is 39.9 Å². The number of halogens is 1. The van der Waals surface area contributed by atoms with Crippen LogP contribution in [0.15, 0.2) is 53.5 Å². The Kier molecular flexibility index (Phi) is 7.01. The molecule has 29 heavy (non-hydrogen) atoms. The highest BCUT2D eigenvalue weighted by Gasteiger charge is 2.43. The molecule has 1 spiro atoms. The highest BCUT2D eigenvalue weighted by Crippen LogP contribution is 2.46. The Morgan fingerprint density at radius 1 is 1.17 bits per heavy atom. The molecule has 0 bridgehead atoms. The zero-order chi connectivity index (χ0) is 19.4. The maximum Gasteiger partial charge on any atom is 0.191 e. The minimum absolute atomic E-state index is 0. The molecular formula is C23H27IN4O. The average molecular weight is 502 g/mol. The smallest absolute Gasteiger partial charge is 0.191 e. The van der Waals surface area contributed by atoms with Gasteiger partial charge in [0.2, 0.25) is 0 Å². The van der Waals surface area contributed by atoms with Crippen LogP contribution in [-0.4, -0.2) is 18.6 Å². The van der Waals surface area contributed by atoms with E-state index in [1.165, 1.54) is 18.4 Å². The summed E-state index contributed by atoms with van der Waals surface area (Å²) in [6, 6.07) is 18.3. The maximum absolute atomic E-state index is 8.93. The summed E-state index contributed by atoms with van der Waals surface area (Å²) in [5.41, 5.74) is 2.94. The van der Waals surface area contributed by atoms with Gasteiger partial charge in [-0.1, -0.05) is 30.3 Å². The second-order valence-corrected chi connectivity index (χ2v) is 7.67. The second kappa shape index (κ2) is 9.49. The monoisotopic (exact) mass is 502 g/mol. The molecule has 1 fully saturated rings. The number of hydrogen-bond donors (Lipinski definition) is 2. The lowest BCUT2D eigenvalue weighted by atomic mass is 9.86. The minimum Gasteiger partial charge on any atom is -0.487 e. The van der Waals surface area contributed by atoms with Crippen molar-refractivity contribution in [2.24, 2.45) is 4.99 Å². The molecule has 1 atom stereocenters. The average Bonchev–Trinajstić information content (AvgIpc) is 3.18. The van der Waals surface area contributed by atoms with E-state index in [0.717, 1.165) is 36.5 Å². The second-order valence-electron chi connectivity index (χ2n) is 7.67. The number of aliphatic imine (C=N–C) groups is 1. The quantitative estimate of drug-likeness (QED) is 0.364. The van der Waals surface area contributed by atoms with Crippen LogP contribution in [0.4, 0.5) is 0 Å². The summed E-state index contributed by atoms with van der Waals surface area (Å²) in [6.45, 7) is 0.654. The number of nitrogens with zero attached hydrogens (tertiary/aromatic N) is 2. The molecule has 1 aliphatic carbocycles. The van der Waals surface area contributed by atoms with Crippen molar-refractivity contribution in [2.45, 2.75) is 50.3 Å². The summed E-state index contributed by atoms with van der Waals surface area (Å²) in [7, 11) is 1.80. The van der Waals surface area contributed by atoms with Gasteiger partial charge in [-0.3, -0.25) is 4.99 Å². The lowest BCUT2D eigenvalue weighted by molar-refractivity contribution is 0.0396. The fraction of sp³-hybridized carbons (Fsp3) is 0.391. The molecule has 6 heteroatoms. The highest BCUT2D eigenvalue weighted by molar-refractivity contribution is 14.0. The van der Waals surface area contributed by atoms with Crippen molar-refractivity contribution in [3.63, 3.8) is 0 Å². The summed E-state index contributed by atoms with van der Waals surface area (Å²) in [4.78, 5) is 4.42. The number of benzene rings is 2.